The van der Waals surface area contributed by atoms with Crippen molar-refractivity contribution in [3.63, 3.8) is 0 Å². The van der Waals surface area contributed by atoms with E-state index in [9.17, 15) is 13.2 Å². The number of aromatic nitrogens is 1. The number of pyridine rings is 1. The van der Waals surface area contributed by atoms with Crippen LogP contribution in [-0.2, 0) is 5.33 Å². The van der Waals surface area contributed by atoms with Gasteiger partial charge >= 0.3 is 6.36 Å². The molecular weight excluding hydrogens is 406 g/mol. The van der Waals surface area contributed by atoms with Gasteiger partial charge in [-0.05, 0) is 22.6 Å². The summed E-state index contributed by atoms with van der Waals surface area (Å²) in [5.74, 6) is -0.0563. The molecule has 0 aliphatic carbocycles. The lowest BCUT2D eigenvalue weighted by Crippen LogP contribution is -2.19. The Kier molecular flexibility index (Phi) is 4.65. The molecule has 0 saturated carbocycles. The van der Waals surface area contributed by atoms with Gasteiger partial charge in [-0.15, -0.1) is 13.2 Å². The van der Waals surface area contributed by atoms with Crippen molar-refractivity contribution in [3.05, 3.63) is 15.3 Å². The van der Waals surface area contributed by atoms with E-state index in [1.807, 2.05) is 0 Å². The molecule has 0 aromatic carbocycles. The fourth-order valence-electron chi connectivity index (χ4n) is 0.945. The first kappa shape index (κ1) is 13.8. The van der Waals surface area contributed by atoms with E-state index in [2.05, 4.69) is 25.7 Å². The van der Waals surface area contributed by atoms with Crippen molar-refractivity contribution in [1.82, 2.24) is 4.98 Å². The Morgan fingerprint density at radius 1 is 1.50 bits per heavy atom. The SMILES string of the molecule is COc1cc(I)c(OC(F)(F)F)nc1CBr. The number of rotatable bonds is 3. The first-order chi connectivity index (χ1) is 7.37. The Bertz CT molecular complexity index is 386. The lowest BCUT2D eigenvalue weighted by molar-refractivity contribution is -0.276. The third-order valence-electron chi connectivity index (χ3n) is 1.54. The topological polar surface area (TPSA) is 31.4 Å². The van der Waals surface area contributed by atoms with Gasteiger partial charge in [-0.25, -0.2) is 4.98 Å². The smallest absolute Gasteiger partial charge is 0.495 e. The second-order valence-corrected chi connectivity index (χ2v) is 4.33. The molecule has 0 bridgehead atoms. The van der Waals surface area contributed by atoms with Crippen molar-refractivity contribution in [2.45, 2.75) is 11.7 Å². The summed E-state index contributed by atoms with van der Waals surface area (Å²) in [4.78, 5) is 3.73. The summed E-state index contributed by atoms with van der Waals surface area (Å²) in [5, 5.41) is 0.279. The van der Waals surface area contributed by atoms with Gasteiger partial charge in [0.1, 0.15) is 5.75 Å². The molecule has 90 valence electrons. The summed E-state index contributed by atoms with van der Waals surface area (Å²) in [6.45, 7) is 0. The van der Waals surface area contributed by atoms with Crippen molar-refractivity contribution in [3.8, 4) is 11.6 Å². The Labute approximate surface area is 112 Å². The van der Waals surface area contributed by atoms with Gasteiger partial charge in [0, 0.05) is 11.4 Å². The average molecular weight is 412 g/mol. The Hall–Kier alpha value is -0.250. The lowest BCUT2D eigenvalue weighted by atomic mass is 10.3. The molecule has 3 nitrogen and oxygen atoms in total. The summed E-state index contributed by atoms with van der Waals surface area (Å²) in [7, 11) is 1.42. The van der Waals surface area contributed by atoms with Gasteiger partial charge < -0.3 is 9.47 Å². The molecule has 0 amide bonds. The number of halogens is 5. The van der Waals surface area contributed by atoms with Crippen LogP contribution in [0, 0.1) is 3.57 Å². The van der Waals surface area contributed by atoms with E-state index in [0.717, 1.165) is 0 Å². The van der Waals surface area contributed by atoms with E-state index in [4.69, 9.17) is 4.74 Å². The Morgan fingerprint density at radius 2 is 2.12 bits per heavy atom. The monoisotopic (exact) mass is 411 g/mol. The van der Waals surface area contributed by atoms with Crippen LogP contribution in [0.1, 0.15) is 5.69 Å². The highest BCUT2D eigenvalue weighted by Crippen LogP contribution is 2.31. The quantitative estimate of drug-likeness (QED) is 0.563. The highest BCUT2D eigenvalue weighted by atomic mass is 127. The molecule has 1 aromatic heterocycles. The molecule has 0 N–H and O–H groups in total. The van der Waals surface area contributed by atoms with Gasteiger partial charge in [0.25, 0.3) is 0 Å². The van der Waals surface area contributed by atoms with Crippen LogP contribution in [-0.4, -0.2) is 18.5 Å². The van der Waals surface area contributed by atoms with Crippen molar-refractivity contribution in [1.29, 1.82) is 0 Å². The van der Waals surface area contributed by atoms with Gasteiger partial charge in [0.05, 0.1) is 16.4 Å². The molecule has 1 heterocycles. The fourth-order valence-corrected chi connectivity index (χ4v) is 1.86. The van der Waals surface area contributed by atoms with E-state index in [0.29, 0.717) is 11.4 Å². The van der Waals surface area contributed by atoms with Gasteiger partial charge in [-0.1, -0.05) is 15.9 Å². The van der Waals surface area contributed by atoms with Crippen molar-refractivity contribution >= 4 is 38.5 Å². The minimum Gasteiger partial charge on any atom is -0.495 e. The lowest BCUT2D eigenvalue weighted by Gasteiger charge is -2.12. The predicted molar refractivity (Wildman–Crippen MR) is 62.8 cm³/mol. The third-order valence-corrected chi connectivity index (χ3v) is 2.85. The number of nitrogens with zero attached hydrogens (tertiary/aromatic N) is 1. The summed E-state index contributed by atoms with van der Waals surface area (Å²) in [5.41, 5.74) is 0.349. The zero-order chi connectivity index (χ0) is 12.3. The molecule has 0 spiro atoms. The maximum absolute atomic E-state index is 12.0. The average Bonchev–Trinajstić information content (AvgIpc) is 2.18. The number of hydrogen-bond acceptors (Lipinski definition) is 3. The van der Waals surface area contributed by atoms with E-state index < -0.39 is 12.2 Å². The van der Waals surface area contributed by atoms with E-state index >= 15 is 0 Å². The zero-order valence-corrected chi connectivity index (χ0v) is 11.7. The molecule has 0 aliphatic rings. The molecule has 0 saturated heterocycles. The number of methoxy groups -OCH3 is 1. The summed E-state index contributed by atoms with van der Waals surface area (Å²) < 4.78 is 45.1. The maximum atomic E-state index is 12.0. The minimum atomic E-state index is -4.74. The molecule has 0 atom stereocenters. The molecule has 0 fully saturated rings. The van der Waals surface area contributed by atoms with E-state index in [-0.39, 0.29) is 8.90 Å². The standard InChI is InChI=1S/C8H6BrF3INO2/c1-15-6-2-4(13)7(14-5(6)3-9)16-8(10,11)12/h2H,3H2,1H3. The Balaban J connectivity index is 3.11. The van der Waals surface area contributed by atoms with Gasteiger partial charge in [0.15, 0.2) is 0 Å². The van der Waals surface area contributed by atoms with Crippen LogP contribution < -0.4 is 9.47 Å². The van der Waals surface area contributed by atoms with Crippen LogP contribution in [0.25, 0.3) is 0 Å². The van der Waals surface area contributed by atoms with Crippen LogP contribution in [0.2, 0.25) is 0 Å². The first-order valence-electron chi connectivity index (χ1n) is 3.92. The normalized spacial score (nSPS) is 11.4. The second-order valence-electron chi connectivity index (χ2n) is 2.61. The molecule has 8 heteroatoms. The van der Waals surface area contributed by atoms with E-state index in [1.165, 1.54) is 13.2 Å². The fraction of sp³-hybridized carbons (Fsp3) is 0.375. The third kappa shape index (κ3) is 3.65. The van der Waals surface area contributed by atoms with Gasteiger partial charge in [-0.3, -0.25) is 0 Å². The molecule has 0 radical (unpaired) electrons. The number of hydrogen-bond donors (Lipinski definition) is 0. The predicted octanol–water partition coefficient (Wildman–Crippen LogP) is 3.49. The van der Waals surface area contributed by atoms with Crippen LogP contribution in [0.5, 0.6) is 11.6 Å². The summed E-state index contributed by atoms with van der Waals surface area (Å²) >= 11 is 4.81. The number of alkyl halides is 4. The Morgan fingerprint density at radius 3 is 2.56 bits per heavy atom. The van der Waals surface area contributed by atoms with Crippen LogP contribution in [0.3, 0.4) is 0 Å². The first-order valence-corrected chi connectivity index (χ1v) is 6.12. The molecule has 16 heavy (non-hydrogen) atoms. The second kappa shape index (κ2) is 5.39. The van der Waals surface area contributed by atoms with Crippen molar-refractivity contribution in [2.24, 2.45) is 0 Å². The highest BCUT2D eigenvalue weighted by molar-refractivity contribution is 14.1. The van der Waals surface area contributed by atoms with E-state index in [1.54, 1.807) is 22.6 Å². The summed E-state index contributed by atoms with van der Waals surface area (Å²) in [6.07, 6.45) is -4.74. The highest BCUT2D eigenvalue weighted by Gasteiger charge is 2.33. The van der Waals surface area contributed by atoms with Crippen LogP contribution >= 0.6 is 38.5 Å². The molecule has 1 rings (SSSR count). The van der Waals surface area contributed by atoms with Gasteiger partial charge in [0.2, 0.25) is 5.88 Å². The minimum absolute atomic E-state index is 0.233. The van der Waals surface area contributed by atoms with Crippen molar-refractivity contribution < 1.29 is 22.6 Å². The largest absolute Gasteiger partial charge is 0.574 e. The molecular formula is C8H6BrF3INO2. The zero-order valence-electron chi connectivity index (χ0n) is 7.94. The van der Waals surface area contributed by atoms with Crippen LogP contribution in [0.15, 0.2) is 6.07 Å². The molecule has 0 aliphatic heterocycles. The van der Waals surface area contributed by atoms with Crippen LogP contribution in [0.4, 0.5) is 13.2 Å². The number of ether oxygens (including phenoxy) is 2. The summed E-state index contributed by atoms with van der Waals surface area (Å²) in [6, 6.07) is 1.44. The maximum Gasteiger partial charge on any atom is 0.574 e. The van der Waals surface area contributed by atoms with Crippen molar-refractivity contribution in [2.75, 3.05) is 7.11 Å². The van der Waals surface area contributed by atoms with Gasteiger partial charge in [-0.2, -0.15) is 0 Å². The molecule has 0 unspecified atom stereocenters. The molecule has 1 aromatic rings.